The topological polar surface area (TPSA) is 33.1 Å². The number of para-hydroxylation sites is 1. The number of hydrogen-bond acceptors (Lipinski definition) is 3. The molecule has 2 aromatic carbocycles. The first-order valence-electron chi connectivity index (χ1n) is 8.81. The first kappa shape index (κ1) is 16.1. The van der Waals surface area contributed by atoms with Gasteiger partial charge >= 0.3 is 0 Å². The summed E-state index contributed by atoms with van der Waals surface area (Å²) in [5.74, 6) is 0.446. The van der Waals surface area contributed by atoms with E-state index in [2.05, 4.69) is 38.0 Å². The number of rotatable bonds is 5. The summed E-state index contributed by atoms with van der Waals surface area (Å²) in [7, 11) is 2.04. The fourth-order valence-electron chi connectivity index (χ4n) is 3.73. The molecule has 1 unspecified atom stereocenters. The number of nitrogens with one attached hydrogen (secondary N) is 1. The van der Waals surface area contributed by atoms with Crippen LogP contribution in [0.4, 0.5) is 10.1 Å². The van der Waals surface area contributed by atoms with Gasteiger partial charge in [-0.25, -0.2) is 9.37 Å². The first-order valence-corrected chi connectivity index (χ1v) is 8.81. The Kier molecular flexibility index (Phi) is 4.40. The van der Waals surface area contributed by atoms with E-state index in [1.54, 1.807) is 0 Å². The monoisotopic (exact) mass is 338 g/mol. The van der Waals surface area contributed by atoms with Crippen LogP contribution >= 0.6 is 0 Å². The highest BCUT2D eigenvalue weighted by Gasteiger charge is 2.22. The number of nitrogens with zero attached hydrogens (tertiary/aromatic N) is 3. The van der Waals surface area contributed by atoms with Crippen molar-refractivity contribution in [1.29, 1.82) is 0 Å². The molecule has 0 bridgehead atoms. The number of fused-ring (bicyclic) bond motifs is 1. The molecule has 1 atom stereocenters. The highest BCUT2D eigenvalue weighted by Crippen LogP contribution is 2.24. The van der Waals surface area contributed by atoms with Gasteiger partial charge in [0.05, 0.1) is 17.4 Å². The number of imidazole rings is 1. The van der Waals surface area contributed by atoms with Crippen LogP contribution in [0.25, 0.3) is 11.0 Å². The standard InChI is InChI=1S/C20H23FN4/c1-24-14-23-19-4-2-3-16(20(19)24)12-22-11-15-9-10-25(13-15)18-7-5-17(21)6-8-18/h2-8,14-15,22H,9-13H2,1H3. The van der Waals surface area contributed by atoms with Gasteiger partial charge in [0.25, 0.3) is 0 Å². The van der Waals surface area contributed by atoms with Gasteiger partial charge in [-0.2, -0.15) is 0 Å². The van der Waals surface area contributed by atoms with Gasteiger partial charge in [0.2, 0.25) is 0 Å². The van der Waals surface area contributed by atoms with Crippen LogP contribution in [0.5, 0.6) is 0 Å². The van der Waals surface area contributed by atoms with Crippen molar-refractivity contribution in [3.8, 4) is 0 Å². The molecule has 5 heteroatoms. The molecule has 2 heterocycles. The van der Waals surface area contributed by atoms with Gasteiger partial charge in [0.1, 0.15) is 5.82 Å². The lowest BCUT2D eigenvalue weighted by Crippen LogP contribution is -2.26. The fourth-order valence-corrected chi connectivity index (χ4v) is 3.73. The van der Waals surface area contributed by atoms with Gasteiger partial charge in [-0.1, -0.05) is 12.1 Å². The van der Waals surface area contributed by atoms with Gasteiger partial charge in [0.15, 0.2) is 0 Å². The molecule has 0 radical (unpaired) electrons. The van der Waals surface area contributed by atoms with Crippen molar-refractivity contribution >= 4 is 16.7 Å². The maximum Gasteiger partial charge on any atom is 0.123 e. The Morgan fingerprint density at radius 2 is 2.04 bits per heavy atom. The van der Waals surface area contributed by atoms with Crippen molar-refractivity contribution in [2.75, 3.05) is 24.5 Å². The highest BCUT2D eigenvalue weighted by atomic mass is 19.1. The number of halogens is 1. The lowest BCUT2D eigenvalue weighted by Gasteiger charge is -2.19. The molecular weight excluding hydrogens is 315 g/mol. The van der Waals surface area contributed by atoms with Crippen molar-refractivity contribution in [1.82, 2.24) is 14.9 Å². The molecule has 3 aromatic rings. The molecule has 1 N–H and O–H groups in total. The lowest BCUT2D eigenvalue weighted by atomic mass is 10.1. The van der Waals surface area contributed by atoms with Crippen molar-refractivity contribution < 1.29 is 4.39 Å². The second-order valence-electron chi connectivity index (χ2n) is 6.85. The Labute approximate surface area is 147 Å². The summed E-state index contributed by atoms with van der Waals surface area (Å²) in [5.41, 5.74) is 4.65. The summed E-state index contributed by atoms with van der Waals surface area (Å²) in [6, 6.07) is 13.1. The summed E-state index contributed by atoms with van der Waals surface area (Å²) in [6.45, 7) is 3.90. The summed E-state index contributed by atoms with van der Waals surface area (Å²) in [6.07, 6.45) is 3.03. The Balaban J connectivity index is 1.33. The van der Waals surface area contributed by atoms with Crippen molar-refractivity contribution in [3.05, 3.63) is 60.2 Å². The minimum atomic E-state index is -0.175. The van der Waals surface area contributed by atoms with Crippen LogP contribution in [0.15, 0.2) is 48.8 Å². The smallest absolute Gasteiger partial charge is 0.123 e. The SMILES string of the molecule is Cn1cnc2cccc(CNCC3CCN(c4ccc(F)cc4)C3)c21. The van der Waals surface area contributed by atoms with E-state index in [1.165, 1.54) is 29.6 Å². The van der Waals surface area contributed by atoms with E-state index in [1.807, 2.05) is 25.5 Å². The maximum atomic E-state index is 13.1. The Bertz CT molecular complexity index is 856. The minimum absolute atomic E-state index is 0.175. The molecule has 0 aliphatic carbocycles. The van der Waals surface area contributed by atoms with Crippen LogP contribution in [0, 0.1) is 11.7 Å². The van der Waals surface area contributed by atoms with E-state index in [-0.39, 0.29) is 5.82 Å². The molecule has 4 nitrogen and oxygen atoms in total. The van der Waals surface area contributed by atoms with E-state index in [0.29, 0.717) is 5.92 Å². The van der Waals surface area contributed by atoms with E-state index in [9.17, 15) is 4.39 Å². The third kappa shape index (κ3) is 3.37. The lowest BCUT2D eigenvalue weighted by molar-refractivity contribution is 0.517. The van der Waals surface area contributed by atoms with Gasteiger partial charge in [-0.15, -0.1) is 0 Å². The largest absolute Gasteiger partial charge is 0.371 e. The maximum absolute atomic E-state index is 13.1. The zero-order valence-electron chi connectivity index (χ0n) is 14.5. The zero-order chi connectivity index (χ0) is 17.2. The van der Waals surface area contributed by atoms with Gasteiger partial charge in [0, 0.05) is 38.9 Å². The molecule has 1 aliphatic heterocycles. The van der Waals surface area contributed by atoms with Gasteiger partial charge < -0.3 is 14.8 Å². The van der Waals surface area contributed by atoms with Crippen LogP contribution in [0.3, 0.4) is 0 Å². The minimum Gasteiger partial charge on any atom is -0.371 e. The normalized spacial score (nSPS) is 17.5. The van der Waals surface area contributed by atoms with Crippen LogP contribution in [-0.4, -0.2) is 29.2 Å². The molecule has 0 saturated carbocycles. The molecule has 25 heavy (non-hydrogen) atoms. The summed E-state index contributed by atoms with van der Waals surface area (Å²) < 4.78 is 15.1. The number of benzene rings is 2. The predicted molar refractivity (Wildman–Crippen MR) is 99.1 cm³/mol. The van der Waals surface area contributed by atoms with E-state index >= 15 is 0 Å². The molecule has 4 rings (SSSR count). The number of aromatic nitrogens is 2. The average molecular weight is 338 g/mol. The van der Waals surface area contributed by atoms with Crippen molar-refractivity contribution in [2.24, 2.45) is 13.0 Å². The second kappa shape index (κ2) is 6.84. The average Bonchev–Trinajstić information content (AvgIpc) is 3.24. The molecule has 1 aromatic heterocycles. The number of hydrogen-bond donors (Lipinski definition) is 1. The quantitative estimate of drug-likeness (QED) is 0.775. The van der Waals surface area contributed by atoms with Crippen LogP contribution in [0.2, 0.25) is 0 Å². The fraction of sp³-hybridized carbons (Fsp3) is 0.350. The summed E-state index contributed by atoms with van der Waals surface area (Å²) in [5, 5.41) is 3.61. The number of anilines is 1. The Morgan fingerprint density at radius 1 is 1.20 bits per heavy atom. The third-order valence-electron chi connectivity index (χ3n) is 5.05. The van der Waals surface area contributed by atoms with Crippen molar-refractivity contribution in [3.63, 3.8) is 0 Å². The van der Waals surface area contributed by atoms with Crippen LogP contribution < -0.4 is 10.2 Å². The zero-order valence-corrected chi connectivity index (χ0v) is 14.5. The van der Waals surface area contributed by atoms with E-state index in [4.69, 9.17) is 0 Å². The summed E-state index contributed by atoms with van der Waals surface area (Å²) in [4.78, 5) is 6.76. The molecule has 0 amide bonds. The van der Waals surface area contributed by atoms with E-state index < -0.39 is 0 Å². The van der Waals surface area contributed by atoms with Crippen LogP contribution in [0.1, 0.15) is 12.0 Å². The first-order chi connectivity index (χ1) is 12.2. The molecule has 0 spiro atoms. The molecule has 1 fully saturated rings. The second-order valence-corrected chi connectivity index (χ2v) is 6.85. The number of aryl methyl sites for hydroxylation is 1. The van der Waals surface area contributed by atoms with Gasteiger partial charge in [-0.05, 0) is 48.2 Å². The van der Waals surface area contributed by atoms with E-state index in [0.717, 1.165) is 37.4 Å². The predicted octanol–water partition coefficient (Wildman–Crippen LogP) is 3.33. The Hall–Kier alpha value is -2.40. The Morgan fingerprint density at radius 3 is 2.88 bits per heavy atom. The molecule has 1 aliphatic rings. The highest BCUT2D eigenvalue weighted by molar-refractivity contribution is 5.78. The van der Waals surface area contributed by atoms with Crippen LogP contribution in [-0.2, 0) is 13.6 Å². The molecular formula is C20H23FN4. The van der Waals surface area contributed by atoms with Gasteiger partial charge in [-0.3, -0.25) is 0 Å². The van der Waals surface area contributed by atoms with Crippen molar-refractivity contribution in [2.45, 2.75) is 13.0 Å². The molecule has 130 valence electrons. The third-order valence-corrected chi connectivity index (χ3v) is 5.05. The molecule has 1 saturated heterocycles. The summed E-state index contributed by atoms with van der Waals surface area (Å²) >= 11 is 0.